The summed E-state index contributed by atoms with van der Waals surface area (Å²) in [7, 11) is 1.65. The van der Waals surface area contributed by atoms with E-state index in [0.29, 0.717) is 19.4 Å². The second kappa shape index (κ2) is 7.64. The van der Waals surface area contributed by atoms with E-state index in [1.54, 1.807) is 13.4 Å². The molecule has 0 fully saturated rings. The zero-order chi connectivity index (χ0) is 16.8. The van der Waals surface area contributed by atoms with Crippen molar-refractivity contribution in [2.45, 2.75) is 19.3 Å². The van der Waals surface area contributed by atoms with Gasteiger partial charge in [-0.2, -0.15) is 0 Å². The van der Waals surface area contributed by atoms with Crippen LogP contribution in [0.5, 0.6) is 5.75 Å². The number of nitrogens with zero attached hydrogens (tertiary/aromatic N) is 1. The predicted molar refractivity (Wildman–Crippen MR) is 94.1 cm³/mol. The number of benzene rings is 2. The second-order valence-corrected chi connectivity index (χ2v) is 5.67. The van der Waals surface area contributed by atoms with Crippen LogP contribution in [0.3, 0.4) is 0 Å². The van der Waals surface area contributed by atoms with Crippen LogP contribution in [0.15, 0.2) is 48.8 Å². The Labute approximate surface area is 141 Å². The standard InChI is InChI=1S/C19H21N3O2/c1-24-18-5-3-2-4-15(18)7-9-19(23)20-11-10-14-6-8-16-17(12-14)22-13-21-16/h2-6,8,12-13H,7,9-11H2,1H3,(H,20,23)(H,21,22). The lowest BCUT2D eigenvalue weighted by Crippen LogP contribution is -2.25. The maximum absolute atomic E-state index is 12.0. The molecule has 1 heterocycles. The molecule has 5 heteroatoms. The first-order valence-electron chi connectivity index (χ1n) is 8.07. The minimum absolute atomic E-state index is 0.0588. The zero-order valence-electron chi connectivity index (χ0n) is 13.7. The summed E-state index contributed by atoms with van der Waals surface area (Å²) in [5.41, 5.74) is 4.21. The van der Waals surface area contributed by atoms with E-state index in [4.69, 9.17) is 4.74 Å². The summed E-state index contributed by atoms with van der Waals surface area (Å²) in [5, 5.41) is 2.98. The summed E-state index contributed by atoms with van der Waals surface area (Å²) >= 11 is 0. The minimum atomic E-state index is 0.0588. The molecule has 3 rings (SSSR count). The maximum atomic E-state index is 12.0. The van der Waals surface area contributed by atoms with Gasteiger partial charge in [0.25, 0.3) is 0 Å². The van der Waals surface area contributed by atoms with Gasteiger partial charge in [-0.25, -0.2) is 4.98 Å². The number of carbonyl (C=O) groups is 1. The first-order chi connectivity index (χ1) is 11.8. The molecule has 0 unspecified atom stereocenters. The number of H-pyrrole nitrogens is 1. The summed E-state index contributed by atoms with van der Waals surface area (Å²) < 4.78 is 5.31. The van der Waals surface area contributed by atoms with Gasteiger partial charge in [-0.15, -0.1) is 0 Å². The molecule has 5 nitrogen and oxygen atoms in total. The molecule has 0 atom stereocenters. The Hall–Kier alpha value is -2.82. The molecule has 3 aromatic rings. The summed E-state index contributed by atoms with van der Waals surface area (Å²) in [6, 6.07) is 13.9. The number of hydrogen-bond donors (Lipinski definition) is 2. The number of nitrogens with one attached hydrogen (secondary N) is 2. The van der Waals surface area contributed by atoms with Crippen molar-refractivity contribution in [1.82, 2.24) is 15.3 Å². The third kappa shape index (κ3) is 3.93. The number of aryl methyl sites for hydroxylation is 1. The molecular weight excluding hydrogens is 302 g/mol. The quantitative estimate of drug-likeness (QED) is 0.702. The predicted octanol–water partition coefficient (Wildman–Crippen LogP) is 2.86. The summed E-state index contributed by atoms with van der Waals surface area (Å²) in [6.07, 6.45) is 3.62. The van der Waals surface area contributed by atoms with E-state index in [1.165, 1.54) is 5.56 Å². The molecular formula is C19H21N3O2. The lowest BCUT2D eigenvalue weighted by atomic mass is 10.1. The van der Waals surface area contributed by atoms with Crippen molar-refractivity contribution in [3.63, 3.8) is 0 Å². The number of rotatable bonds is 7. The summed E-state index contributed by atoms with van der Waals surface area (Å²) in [4.78, 5) is 19.3. The van der Waals surface area contributed by atoms with Gasteiger partial charge in [0, 0.05) is 13.0 Å². The lowest BCUT2D eigenvalue weighted by Gasteiger charge is -2.08. The summed E-state index contributed by atoms with van der Waals surface area (Å²) in [6.45, 7) is 0.629. The van der Waals surface area contributed by atoms with E-state index >= 15 is 0 Å². The number of amides is 1. The van der Waals surface area contributed by atoms with Crippen LogP contribution in [0, 0.1) is 0 Å². The van der Waals surface area contributed by atoms with E-state index in [1.807, 2.05) is 36.4 Å². The fraction of sp³-hybridized carbons (Fsp3) is 0.263. The van der Waals surface area contributed by atoms with Crippen LogP contribution in [0.25, 0.3) is 11.0 Å². The van der Waals surface area contributed by atoms with Gasteiger partial charge in [0.1, 0.15) is 5.75 Å². The zero-order valence-corrected chi connectivity index (χ0v) is 13.7. The molecule has 1 aromatic heterocycles. The molecule has 0 radical (unpaired) electrons. The highest BCUT2D eigenvalue weighted by Crippen LogP contribution is 2.18. The van der Waals surface area contributed by atoms with Crippen LogP contribution in [0.1, 0.15) is 17.5 Å². The van der Waals surface area contributed by atoms with Crippen LogP contribution in [-0.4, -0.2) is 29.5 Å². The molecule has 0 saturated carbocycles. The first-order valence-corrected chi connectivity index (χ1v) is 8.07. The monoisotopic (exact) mass is 323 g/mol. The van der Waals surface area contributed by atoms with Gasteiger partial charge in [0.15, 0.2) is 0 Å². The maximum Gasteiger partial charge on any atom is 0.220 e. The molecule has 0 bridgehead atoms. The summed E-state index contributed by atoms with van der Waals surface area (Å²) in [5.74, 6) is 0.890. The smallest absolute Gasteiger partial charge is 0.220 e. The number of para-hydroxylation sites is 1. The molecule has 1 amide bonds. The number of aromatic nitrogens is 2. The van der Waals surface area contributed by atoms with E-state index in [2.05, 4.69) is 21.4 Å². The molecule has 0 spiro atoms. The van der Waals surface area contributed by atoms with Gasteiger partial charge < -0.3 is 15.0 Å². The van der Waals surface area contributed by atoms with Crippen molar-refractivity contribution in [3.8, 4) is 5.75 Å². The van der Waals surface area contributed by atoms with Gasteiger partial charge in [0.2, 0.25) is 5.91 Å². The second-order valence-electron chi connectivity index (χ2n) is 5.67. The number of methoxy groups -OCH3 is 1. The van der Waals surface area contributed by atoms with Crippen molar-refractivity contribution in [2.24, 2.45) is 0 Å². The number of hydrogen-bond acceptors (Lipinski definition) is 3. The van der Waals surface area contributed by atoms with E-state index < -0.39 is 0 Å². The van der Waals surface area contributed by atoms with Crippen LogP contribution in [-0.2, 0) is 17.6 Å². The average Bonchev–Trinajstić information content (AvgIpc) is 3.08. The van der Waals surface area contributed by atoms with E-state index in [9.17, 15) is 4.79 Å². The van der Waals surface area contributed by atoms with Gasteiger partial charge in [-0.05, 0) is 42.2 Å². The first kappa shape index (κ1) is 16.1. The van der Waals surface area contributed by atoms with Gasteiger partial charge in [-0.3, -0.25) is 4.79 Å². The van der Waals surface area contributed by atoms with Crippen molar-refractivity contribution < 1.29 is 9.53 Å². The Morgan fingerprint density at radius 2 is 2.08 bits per heavy atom. The molecule has 0 aliphatic heterocycles. The Morgan fingerprint density at radius 3 is 2.96 bits per heavy atom. The minimum Gasteiger partial charge on any atom is -0.496 e. The third-order valence-electron chi connectivity index (χ3n) is 4.03. The van der Waals surface area contributed by atoms with Gasteiger partial charge in [0.05, 0.1) is 24.5 Å². The Kier molecular flexibility index (Phi) is 5.11. The molecule has 2 N–H and O–H groups in total. The number of fused-ring (bicyclic) bond motifs is 1. The van der Waals surface area contributed by atoms with Crippen molar-refractivity contribution in [3.05, 3.63) is 59.9 Å². The number of imidazole rings is 1. The van der Waals surface area contributed by atoms with Crippen LogP contribution < -0.4 is 10.1 Å². The fourth-order valence-electron chi connectivity index (χ4n) is 2.73. The number of ether oxygens (including phenoxy) is 1. The van der Waals surface area contributed by atoms with Crippen molar-refractivity contribution >= 4 is 16.9 Å². The van der Waals surface area contributed by atoms with Crippen LogP contribution in [0.2, 0.25) is 0 Å². The lowest BCUT2D eigenvalue weighted by molar-refractivity contribution is -0.121. The topological polar surface area (TPSA) is 67.0 Å². The van der Waals surface area contributed by atoms with E-state index in [0.717, 1.165) is 28.8 Å². The normalized spacial score (nSPS) is 10.7. The molecule has 0 aliphatic rings. The molecule has 0 saturated heterocycles. The molecule has 2 aromatic carbocycles. The highest BCUT2D eigenvalue weighted by Gasteiger charge is 2.06. The Morgan fingerprint density at radius 1 is 1.21 bits per heavy atom. The molecule has 24 heavy (non-hydrogen) atoms. The van der Waals surface area contributed by atoms with Crippen LogP contribution in [0.4, 0.5) is 0 Å². The fourth-order valence-corrected chi connectivity index (χ4v) is 2.73. The average molecular weight is 323 g/mol. The number of carbonyl (C=O) groups excluding carboxylic acids is 1. The van der Waals surface area contributed by atoms with E-state index in [-0.39, 0.29) is 5.91 Å². The van der Waals surface area contributed by atoms with Crippen molar-refractivity contribution in [2.75, 3.05) is 13.7 Å². The highest BCUT2D eigenvalue weighted by atomic mass is 16.5. The largest absolute Gasteiger partial charge is 0.496 e. The SMILES string of the molecule is COc1ccccc1CCC(=O)NCCc1ccc2nc[nH]c2c1. The molecule has 124 valence electrons. The molecule has 0 aliphatic carbocycles. The van der Waals surface area contributed by atoms with Crippen molar-refractivity contribution in [1.29, 1.82) is 0 Å². The van der Waals surface area contributed by atoms with Crippen LogP contribution >= 0.6 is 0 Å². The van der Waals surface area contributed by atoms with Gasteiger partial charge in [-0.1, -0.05) is 24.3 Å². The Bertz CT molecular complexity index is 826. The highest BCUT2D eigenvalue weighted by molar-refractivity contribution is 5.76. The third-order valence-corrected chi connectivity index (χ3v) is 4.03. The Balaban J connectivity index is 1.45. The number of aromatic amines is 1. The van der Waals surface area contributed by atoms with Gasteiger partial charge >= 0.3 is 0 Å².